The molecule has 8 heteroatoms. The summed E-state index contributed by atoms with van der Waals surface area (Å²) in [7, 11) is 0. The summed E-state index contributed by atoms with van der Waals surface area (Å²) in [5.74, 6) is -1.61. The van der Waals surface area contributed by atoms with Crippen molar-refractivity contribution in [2.45, 2.75) is 65.1 Å². The first-order valence-electron chi connectivity index (χ1n) is 12.1. The monoisotopic (exact) mass is 481 g/mol. The van der Waals surface area contributed by atoms with Gasteiger partial charge in [0.25, 0.3) is 11.8 Å². The number of halogens is 1. The number of carbonyl (C=O) groups excluding carboxylic acids is 4. The van der Waals surface area contributed by atoms with Gasteiger partial charge in [0.2, 0.25) is 11.8 Å². The van der Waals surface area contributed by atoms with E-state index in [9.17, 15) is 23.6 Å². The second-order valence-electron chi connectivity index (χ2n) is 8.80. The normalized spacial score (nSPS) is 14.5. The molecule has 0 unspecified atom stereocenters. The summed E-state index contributed by atoms with van der Waals surface area (Å²) in [6, 6.07) is 11.7. The van der Waals surface area contributed by atoms with Crippen LogP contribution in [0.15, 0.2) is 48.5 Å². The Kier molecular flexibility index (Phi) is 8.73. The van der Waals surface area contributed by atoms with Gasteiger partial charge in [0.05, 0.1) is 11.1 Å². The van der Waals surface area contributed by atoms with Crippen LogP contribution in [0.25, 0.3) is 0 Å². The first-order chi connectivity index (χ1) is 16.8. The maximum absolute atomic E-state index is 13.4. The van der Waals surface area contributed by atoms with Crippen LogP contribution in [0.4, 0.5) is 4.39 Å². The lowest BCUT2D eigenvalue weighted by atomic mass is 10.1. The highest BCUT2D eigenvalue weighted by atomic mass is 19.1. The summed E-state index contributed by atoms with van der Waals surface area (Å²) >= 11 is 0. The van der Waals surface area contributed by atoms with Gasteiger partial charge in [-0.1, -0.05) is 38.1 Å². The fourth-order valence-corrected chi connectivity index (χ4v) is 4.12. The Hall–Kier alpha value is -3.55. The van der Waals surface area contributed by atoms with Crippen LogP contribution in [0, 0.1) is 5.82 Å². The van der Waals surface area contributed by atoms with E-state index < -0.39 is 6.04 Å². The molecule has 4 amide bonds. The molecule has 35 heavy (non-hydrogen) atoms. The van der Waals surface area contributed by atoms with E-state index in [1.165, 1.54) is 17.0 Å². The summed E-state index contributed by atoms with van der Waals surface area (Å²) in [5, 5.41) is 2.94. The van der Waals surface area contributed by atoms with Gasteiger partial charge < -0.3 is 10.2 Å². The van der Waals surface area contributed by atoms with Crippen molar-refractivity contribution in [3.63, 3.8) is 0 Å². The predicted molar refractivity (Wildman–Crippen MR) is 130 cm³/mol. The van der Waals surface area contributed by atoms with E-state index >= 15 is 0 Å². The highest BCUT2D eigenvalue weighted by molar-refractivity contribution is 6.21. The van der Waals surface area contributed by atoms with Crippen LogP contribution in [-0.4, -0.2) is 52.1 Å². The van der Waals surface area contributed by atoms with Crippen LogP contribution in [0.3, 0.4) is 0 Å². The quantitative estimate of drug-likeness (QED) is 0.493. The Labute approximate surface area is 205 Å². The third kappa shape index (κ3) is 6.12. The number of rotatable bonds is 11. The lowest BCUT2D eigenvalue weighted by Crippen LogP contribution is -2.50. The van der Waals surface area contributed by atoms with E-state index in [1.807, 2.05) is 20.8 Å². The average Bonchev–Trinajstić information content (AvgIpc) is 3.09. The number of nitrogens with one attached hydrogen (secondary N) is 1. The topological polar surface area (TPSA) is 86.8 Å². The lowest BCUT2D eigenvalue weighted by molar-refractivity contribution is -0.141. The molecule has 1 aliphatic rings. The summed E-state index contributed by atoms with van der Waals surface area (Å²) in [6.45, 7) is 5.97. The molecule has 0 saturated carbocycles. The molecular formula is C27H32FN3O4. The lowest BCUT2D eigenvalue weighted by Gasteiger charge is -2.31. The molecule has 3 rings (SSSR count). The Morgan fingerprint density at radius 1 is 0.971 bits per heavy atom. The molecule has 0 spiro atoms. The molecule has 2 atom stereocenters. The Morgan fingerprint density at radius 3 is 2.11 bits per heavy atom. The van der Waals surface area contributed by atoms with Crippen molar-refractivity contribution >= 4 is 23.6 Å². The molecule has 2 aromatic carbocycles. The van der Waals surface area contributed by atoms with Crippen LogP contribution >= 0.6 is 0 Å². The number of amides is 4. The largest absolute Gasteiger partial charge is 0.352 e. The Morgan fingerprint density at radius 2 is 1.57 bits per heavy atom. The fourth-order valence-electron chi connectivity index (χ4n) is 4.12. The zero-order valence-electron chi connectivity index (χ0n) is 20.4. The second kappa shape index (κ2) is 11.7. The standard InChI is InChI=1S/C27H32FN3O4/c1-4-18(3)29-25(33)23(5-2)31(17-19-12-14-20(28)15-13-19)24(32)11-8-16-30-26(34)21-9-6-7-10-22(21)27(30)35/h6-7,9-10,12-15,18,23H,4-5,8,11,16-17H2,1-3H3,(H,29,33)/t18-,23+/m1/s1. The zero-order chi connectivity index (χ0) is 25.5. The highest BCUT2D eigenvalue weighted by Gasteiger charge is 2.35. The number of hydrogen-bond acceptors (Lipinski definition) is 4. The van der Waals surface area contributed by atoms with Crippen molar-refractivity contribution in [1.82, 2.24) is 15.1 Å². The molecule has 186 valence electrons. The Balaban J connectivity index is 1.71. The van der Waals surface area contributed by atoms with Gasteiger partial charge in [-0.25, -0.2) is 4.39 Å². The highest BCUT2D eigenvalue weighted by Crippen LogP contribution is 2.23. The maximum atomic E-state index is 13.4. The minimum Gasteiger partial charge on any atom is -0.352 e. The molecule has 1 aliphatic heterocycles. The third-order valence-electron chi connectivity index (χ3n) is 6.30. The van der Waals surface area contributed by atoms with Gasteiger partial charge in [0.15, 0.2) is 0 Å². The van der Waals surface area contributed by atoms with Gasteiger partial charge in [0.1, 0.15) is 11.9 Å². The van der Waals surface area contributed by atoms with Crippen molar-refractivity contribution in [1.29, 1.82) is 0 Å². The number of carbonyl (C=O) groups is 4. The molecule has 0 radical (unpaired) electrons. The minimum absolute atomic E-state index is 0.0341. The number of imide groups is 1. The minimum atomic E-state index is -0.694. The van der Waals surface area contributed by atoms with Gasteiger partial charge in [-0.2, -0.15) is 0 Å². The maximum Gasteiger partial charge on any atom is 0.261 e. The van der Waals surface area contributed by atoms with E-state index in [2.05, 4.69) is 5.32 Å². The van der Waals surface area contributed by atoms with E-state index in [0.29, 0.717) is 23.1 Å². The number of nitrogens with zero attached hydrogens (tertiary/aromatic N) is 2. The van der Waals surface area contributed by atoms with Crippen molar-refractivity contribution in [2.24, 2.45) is 0 Å². The number of fused-ring (bicyclic) bond motifs is 1. The van der Waals surface area contributed by atoms with Crippen LogP contribution < -0.4 is 5.32 Å². The van der Waals surface area contributed by atoms with Gasteiger partial charge >= 0.3 is 0 Å². The zero-order valence-corrected chi connectivity index (χ0v) is 20.4. The summed E-state index contributed by atoms with van der Waals surface area (Å²) in [5.41, 5.74) is 1.44. The molecule has 0 aromatic heterocycles. The van der Waals surface area contributed by atoms with Crippen molar-refractivity contribution < 1.29 is 23.6 Å². The smallest absolute Gasteiger partial charge is 0.261 e. The van der Waals surface area contributed by atoms with E-state index in [4.69, 9.17) is 0 Å². The molecule has 1 heterocycles. The molecule has 0 aliphatic carbocycles. The van der Waals surface area contributed by atoms with Crippen LogP contribution in [0.2, 0.25) is 0 Å². The van der Waals surface area contributed by atoms with Crippen LogP contribution in [0.1, 0.15) is 72.7 Å². The van der Waals surface area contributed by atoms with Crippen LogP contribution in [-0.2, 0) is 16.1 Å². The van der Waals surface area contributed by atoms with Gasteiger partial charge in [-0.3, -0.25) is 24.1 Å². The molecule has 7 nitrogen and oxygen atoms in total. The van der Waals surface area contributed by atoms with Gasteiger partial charge in [-0.05, 0) is 56.0 Å². The number of hydrogen-bond donors (Lipinski definition) is 1. The molecular weight excluding hydrogens is 449 g/mol. The first kappa shape index (κ1) is 26.1. The molecule has 0 bridgehead atoms. The van der Waals surface area contributed by atoms with E-state index in [0.717, 1.165) is 11.3 Å². The molecule has 1 N–H and O–H groups in total. The second-order valence-corrected chi connectivity index (χ2v) is 8.80. The third-order valence-corrected chi connectivity index (χ3v) is 6.30. The fraction of sp³-hybridized carbons (Fsp3) is 0.407. The molecule has 2 aromatic rings. The van der Waals surface area contributed by atoms with Crippen molar-refractivity contribution in [2.75, 3.05) is 6.54 Å². The molecule has 0 saturated heterocycles. The average molecular weight is 482 g/mol. The molecule has 0 fully saturated rings. The van der Waals surface area contributed by atoms with Crippen molar-refractivity contribution in [3.8, 4) is 0 Å². The van der Waals surface area contributed by atoms with Crippen molar-refractivity contribution in [3.05, 3.63) is 71.0 Å². The van der Waals surface area contributed by atoms with E-state index in [-0.39, 0.29) is 61.4 Å². The van der Waals surface area contributed by atoms with Crippen LogP contribution in [0.5, 0.6) is 0 Å². The summed E-state index contributed by atoms with van der Waals surface area (Å²) in [6.07, 6.45) is 1.50. The van der Waals surface area contributed by atoms with Gasteiger partial charge in [0, 0.05) is 25.6 Å². The first-order valence-corrected chi connectivity index (χ1v) is 12.1. The summed E-state index contributed by atoms with van der Waals surface area (Å²) < 4.78 is 13.4. The SMILES string of the molecule is CC[C@@H](C)NC(=O)[C@H](CC)N(Cc1ccc(F)cc1)C(=O)CCCN1C(=O)c2ccccc2C1=O. The summed E-state index contributed by atoms with van der Waals surface area (Å²) in [4.78, 5) is 54.1. The Bertz CT molecular complexity index is 1050. The van der Waals surface area contributed by atoms with Gasteiger partial charge in [-0.15, -0.1) is 0 Å². The predicted octanol–water partition coefficient (Wildman–Crippen LogP) is 3.92. The van der Waals surface area contributed by atoms with E-state index in [1.54, 1.807) is 36.4 Å². The number of benzene rings is 2.